The normalized spacial score (nSPS) is 18.3. The Labute approximate surface area is 231 Å². The van der Waals surface area contributed by atoms with Gasteiger partial charge in [-0.3, -0.25) is 0 Å². The molecule has 1 aromatic heterocycles. The van der Waals surface area contributed by atoms with Crippen LogP contribution in [-0.2, 0) is 6.42 Å². The van der Waals surface area contributed by atoms with Crippen LogP contribution in [0, 0.1) is 6.92 Å². The van der Waals surface area contributed by atoms with Crippen molar-refractivity contribution in [2.75, 3.05) is 0 Å². The van der Waals surface area contributed by atoms with E-state index in [1.807, 2.05) is 58.4 Å². The SMILES string of the molecule is CCCCCCc1cc(C)sc1C1=C(c2ccccc2)SC(=C2SC(C)=C(c3ccccc3)S2)S1. The zero-order valence-electron chi connectivity index (χ0n) is 20.4. The van der Waals surface area contributed by atoms with Gasteiger partial charge in [-0.25, -0.2) is 0 Å². The number of rotatable bonds is 8. The second-order valence-electron chi connectivity index (χ2n) is 8.78. The minimum atomic E-state index is 1.19. The molecule has 0 spiro atoms. The van der Waals surface area contributed by atoms with Crippen molar-refractivity contribution in [3.8, 4) is 0 Å². The maximum atomic E-state index is 2.44. The maximum absolute atomic E-state index is 2.44. The van der Waals surface area contributed by atoms with Crippen LogP contribution in [0.5, 0.6) is 0 Å². The van der Waals surface area contributed by atoms with E-state index in [1.165, 1.54) is 86.6 Å². The molecule has 5 rings (SSSR count). The van der Waals surface area contributed by atoms with Gasteiger partial charge in [0.1, 0.15) is 0 Å². The topological polar surface area (TPSA) is 0 Å². The van der Waals surface area contributed by atoms with E-state index < -0.39 is 0 Å². The molecule has 0 unspecified atom stereocenters. The lowest BCUT2D eigenvalue weighted by molar-refractivity contribution is 0.667. The minimum absolute atomic E-state index is 1.19. The van der Waals surface area contributed by atoms with Crippen molar-refractivity contribution < 1.29 is 0 Å². The van der Waals surface area contributed by atoms with Crippen molar-refractivity contribution in [2.24, 2.45) is 0 Å². The summed E-state index contributed by atoms with van der Waals surface area (Å²) in [6.07, 6.45) is 6.42. The van der Waals surface area contributed by atoms with E-state index in [-0.39, 0.29) is 0 Å². The molecule has 0 saturated carbocycles. The third-order valence-electron chi connectivity index (χ3n) is 6.03. The highest BCUT2D eigenvalue weighted by Gasteiger charge is 2.31. The molecule has 2 aliphatic heterocycles. The Kier molecular flexibility index (Phi) is 8.62. The van der Waals surface area contributed by atoms with Crippen molar-refractivity contribution in [1.82, 2.24) is 0 Å². The first-order valence-electron chi connectivity index (χ1n) is 12.3. The molecule has 0 N–H and O–H groups in total. The lowest BCUT2D eigenvalue weighted by Crippen LogP contribution is -1.88. The van der Waals surface area contributed by atoms with Crippen LogP contribution in [0.3, 0.4) is 0 Å². The van der Waals surface area contributed by atoms with E-state index >= 15 is 0 Å². The van der Waals surface area contributed by atoms with Crippen LogP contribution in [-0.4, -0.2) is 0 Å². The summed E-state index contributed by atoms with van der Waals surface area (Å²) in [5.74, 6) is 0. The fourth-order valence-corrected chi connectivity index (χ4v) is 11.2. The highest BCUT2D eigenvalue weighted by atomic mass is 32.2. The molecular weight excluding hydrogens is 521 g/mol. The molecule has 0 nitrogen and oxygen atoms in total. The summed E-state index contributed by atoms with van der Waals surface area (Å²) in [5, 5.41) is 0. The molecule has 0 saturated heterocycles. The van der Waals surface area contributed by atoms with E-state index in [2.05, 4.69) is 87.5 Å². The summed E-state index contributed by atoms with van der Waals surface area (Å²) in [7, 11) is 0. The molecule has 180 valence electrons. The molecule has 0 bridgehead atoms. The van der Waals surface area contributed by atoms with Gasteiger partial charge in [0.05, 0.1) is 8.47 Å². The van der Waals surface area contributed by atoms with Gasteiger partial charge < -0.3 is 0 Å². The second kappa shape index (κ2) is 11.9. The van der Waals surface area contributed by atoms with Gasteiger partial charge >= 0.3 is 0 Å². The van der Waals surface area contributed by atoms with Gasteiger partial charge in [0, 0.05) is 29.4 Å². The smallest absolute Gasteiger partial charge is 0.0707 e. The van der Waals surface area contributed by atoms with Gasteiger partial charge in [-0.05, 0) is 49.4 Å². The Bertz CT molecular complexity index is 1280. The van der Waals surface area contributed by atoms with Gasteiger partial charge in [-0.2, -0.15) is 0 Å². The Morgan fingerprint density at radius 3 is 1.91 bits per heavy atom. The molecule has 35 heavy (non-hydrogen) atoms. The summed E-state index contributed by atoms with van der Waals surface area (Å²) in [6, 6.07) is 24.3. The first kappa shape index (κ1) is 25.4. The van der Waals surface area contributed by atoms with E-state index in [0.29, 0.717) is 0 Å². The van der Waals surface area contributed by atoms with Crippen molar-refractivity contribution in [2.45, 2.75) is 52.9 Å². The molecule has 3 heterocycles. The van der Waals surface area contributed by atoms with Gasteiger partial charge in [0.2, 0.25) is 0 Å². The Morgan fingerprint density at radius 1 is 0.629 bits per heavy atom. The van der Waals surface area contributed by atoms with Crippen LogP contribution in [0.1, 0.15) is 66.0 Å². The summed E-state index contributed by atoms with van der Waals surface area (Å²) >= 11 is 9.85. The molecular formula is C30H30S5. The van der Waals surface area contributed by atoms with Crippen molar-refractivity contribution in [3.05, 3.63) is 107 Å². The molecule has 0 atom stereocenters. The zero-order valence-corrected chi connectivity index (χ0v) is 24.5. The quantitative estimate of drug-likeness (QED) is 0.256. The van der Waals surface area contributed by atoms with Crippen LogP contribution in [0.4, 0.5) is 0 Å². The maximum Gasteiger partial charge on any atom is 0.0707 e. The lowest BCUT2D eigenvalue weighted by atomic mass is 10.1. The third-order valence-corrected chi connectivity index (χ3v) is 13.1. The average Bonchev–Trinajstić information content (AvgIpc) is 3.59. The number of hydrogen-bond acceptors (Lipinski definition) is 5. The van der Waals surface area contributed by atoms with Crippen molar-refractivity contribution in [3.63, 3.8) is 0 Å². The standard InChI is InChI=1S/C30H30S5/c1-4-5-6-9-18-24-19-20(2)31-27(24)28-26(23-16-12-8-13-17-23)34-30(35-28)29-32-21(3)25(33-29)22-14-10-7-11-15-22/h7-8,10-17,19H,4-6,9,18H2,1-3H3. The predicted molar refractivity (Wildman–Crippen MR) is 167 cm³/mol. The van der Waals surface area contributed by atoms with Gasteiger partial charge in [0.15, 0.2) is 0 Å². The van der Waals surface area contributed by atoms with Crippen molar-refractivity contribution >= 4 is 73.1 Å². The lowest BCUT2D eigenvalue weighted by Gasteiger charge is -2.07. The fourth-order valence-electron chi connectivity index (χ4n) is 4.30. The predicted octanol–water partition coefficient (Wildman–Crippen LogP) is 11.5. The van der Waals surface area contributed by atoms with Crippen LogP contribution >= 0.6 is 58.4 Å². The van der Waals surface area contributed by atoms with Gasteiger partial charge in [-0.1, -0.05) is 134 Å². The number of thioether (sulfide) groups is 4. The minimum Gasteiger partial charge on any atom is -0.140 e. The van der Waals surface area contributed by atoms with Crippen LogP contribution < -0.4 is 0 Å². The second-order valence-corrected chi connectivity index (χ2v) is 14.8. The molecule has 0 amide bonds. The zero-order chi connectivity index (χ0) is 24.2. The molecule has 2 aliphatic rings. The fraction of sp³-hybridized carbons (Fsp3) is 0.267. The van der Waals surface area contributed by atoms with Gasteiger partial charge in [-0.15, -0.1) is 11.3 Å². The first-order chi connectivity index (χ1) is 17.1. The molecule has 0 fully saturated rings. The summed E-state index contributed by atoms with van der Waals surface area (Å²) in [6.45, 7) is 6.82. The molecule has 5 heteroatoms. The van der Waals surface area contributed by atoms with E-state index in [9.17, 15) is 0 Å². The largest absolute Gasteiger partial charge is 0.140 e. The number of thiophene rings is 1. The van der Waals surface area contributed by atoms with Crippen LogP contribution in [0.2, 0.25) is 0 Å². The monoisotopic (exact) mass is 550 g/mol. The van der Waals surface area contributed by atoms with E-state index in [4.69, 9.17) is 0 Å². The van der Waals surface area contributed by atoms with E-state index in [0.717, 1.165) is 0 Å². The number of allylic oxidation sites excluding steroid dienone is 1. The Hall–Kier alpha value is -1.24. The Morgan fingerprint density at radius 2 is 1.23 bits per heavy atom. The molecule has 2 aromatic carbocycles. The third kappa shape index (κ3) is 5.86. The number of benzene rings is 2. The van der Waals surface area contributed by atoms with Gasteiger partial charge in [0.25, 0.3) is 0 Å². The van der Waals surface area contributed by atoms with E-state index in [1.54, 1.807) is 0 Å². The highest BCUT2D eigenvalue weighted by Crippen LogP contribution is 2.65. The highest BCUT2D eigenvalue weighted by molar-refractivity contribution is 8.38. The first-order valence-corrected chi connectivity index (χ1v) is 16.3. The number of unbranched alkanes of at least 4 members (excludes halogenated alkanes) is 3. The number of hydrogen-bond donors (Lipinski definition) is 0. The molecule has 0 radical (unpaired) electrons. The van der Waals surface area contributed by atoms with Crippen LogP contribution in [0.25, 0.3) is 14.7 Å². The summed E-state index contributed by atoms with van der Waals surface area (Å²) < 4.78 is 2.86. The molecule has 3 aromatic rings. The van der Waals surface area contributed by atoms with Crippen LogP contribution in [0.15, 0.2) is 80.1 Å². The van der Waals surface area contributed by atoms with Crippen molar-refractivity contribution in [1.29, 1.82) is 0 Å². The Balaban J connectivity index is 1.48. The number of aryl methyl sites for hydroxylation is 2. The average molecular weight is 551 g/mol. The summed E-state index contributed by atoms with van der Waals surface area (Å²) in [5.41, 5.74) is 4.20. The summed E-state index contributed by atoms with van der Waals surface area (Å²) in [4.78, 5) is 8.60. The molecule has 0 aliphatic carbocycles.